The summed E-state index contributed by atoms with van der Waals surface area (Å²) in [7, 11) is 0. The summed E-state index contributed by atoms with van der Waals surface area (Å²) in [6, 6.07) is 18.4. The second-order valence-corrected chi connectivity index (χ2v) is 6.79. The van der Waals surface area contributed by atoms with E-state index < -0.39 is 0 Å². The number of nitrogens with zero attached hydrogens (tertiary/aromatic N) is 2. The molecular weight excluding hydrogens is 318 g/mol. The molecule has 0 radical (unpaired) electrons. The number of hydrogen-bond donors (Lipinski definition) is 1. The third-order valence-electron chi connectivity index (χ3n) is 4.25. The highest BCUT2D eigenvalue weighted by molar-refractivity contribution is 7.98. The molecule has 24 heavy (non-hydrogen) atoms. The molecular formula is C19H23N3OS. The number of carbonyl (C=O) groups excluding carboxylic acids is 1. The Labute approximate surface area is 147 Å². The van der Waals surface area contributed by atoms with Gasteiger partial charge in [0, 0.05) is 43.3 Å². The zero-order chi connectivity index (χ0) is 16.8. The van der Waals surface area contributed by atoms with E-state index in [0.29, 0.717) is 0 Å². The first-order valence-electron chi connectivity index (χ1n) is 8.21. The van der Waals surface area contributed by atoms with Crippen LogP contribution in [0.5, 0.6) is 0 Å². The van der Waals surface area contributed by atoms with Crippen molar-refractivity contribution in [2.24, 2.45) is 0 Å². The van der Waals surface area contributed by atoms with Gasteiger partial charge in [0.05, 0.1) is 0 Å². The van der Waals surface area contributed by atoms with E-state index in [1.165, 1.54) is 10.5 Å². The highest BCUT2D eigenvalue weighted by Gasteiger charge is 2.21. The summed E-state index contributed by atoms with van der Waals surface area (Å²) in [5.41, 5.74) is 2.17. The molecule has 0 spiro atoms. The van der Waals surface area contributed by atoms with Crippen molar-refractivity contribution in [3.63, 3.8) is 0 Å². The summed E-state index contributed by atoms with van der Waals surface area (Å²) in [4.78, 5) is 17.9. The number of carbonyl (C=O) groups is 1. The maximum Gasteiger partial charge on any atom is 0.321 e. The zero-order valence-corrected chi connectivity index (χ0v) is 14.8. The van der Waals surface area contributed by atoms with Gasteiger partial charge < -0.3 is 10.2 Å². The Balaban J connectivity index is 1.47. The summed E-state index contributed by atoms with van der Waals surface area (Å²) >= 11 is 1.70. The molecule has 5 heteroatoms. The van der Waals surface area contributed by atoms with Crippen LogP contribution in [0.4, 0.5) is 10.5 Å². The lowest BCUT2D eigenvalue weighted by molar-refractivity contribution is 0.143. The van der Waals surface area contributed by atoms with Crippen molar-refractivity contribution in [1.29, 1.82) is 0 Å². The lowest BCUT2D eigenvalue weighted by Crippen LogP contribution is -2.49. The predicted octanol–water partition coefficient (Wildman–Crippen LogP) is 3.76. The summed E-state index contributed by atoms with van der Waals surface area (Å²) in [6.45, 7) is 4.30. The maximum absolute atomic E-state index is 12.4. The lowest BCUT2D eigenvalue weighted by atomic mass is 10.2. The van der Waals surface area contributed by atoms with E-state index in [1.807, 2.05) is 41.5 Å². The molecule has 0 unspecified atom stereocenters. The molecule has 2 amide bonds. The van der Waals surface area contributed by atoms with Gasteiger partial charge in [-0.15, -0.1) is 11.8 Å². The van der Waals surface area contributed by atoms with Crippen LogP contribution in [0.25, 0.3) is 0 Å². The minimum Gasteiger partial charge on any atom is -0.322 e. The van der Waals surface area contributed by atoms with Gasteiger partial charge in [-0.2, -0.15) is 0 Å². The number of hydrogen-bond acceptors (Lipinski definition) is 3. The van der Waals surface area contributed by atoms with Crippen LogP contribution in [-0.4, -0.2) is 48.3 Å². The first-order valence-corrected chi connectivity index (χ1v) is 9.43. The van der Waals surface area contributed by atoms with Gasteiger partial charge >= 0.3 is 6.03 Å². The molecule has 4 nitrogen and oxygen atoms in total. The van der Waals surface area contributed by atoms with Crippen molar-refractivity contribution in [2.45, 2.75) is 11.4 Å². The van der Waals surface area contributed by atoms with E-state index >= 15 is 0 Å². The third kappa shape index (κ3) is 4.52. The van der Waals surface area contributed by atoms with Crippen molar-refractivity contribution < 1.29 is 4.79 Å². The number of amides is 2. The minimum atomic E-state index is -0.00809. The van der Waals surface area contributed by atoms with Crippen LogP contribution in [0.1, 0.15) is 5.56 Å². The van der Waals surface area contributed by atoms with E-state index in [-0.39, 0.29) is 6.03 Å². The molecule has 0 bridgehead atoms. The Morgan fingerprint density at radius 2 is 1.67 bits per heavy atom. The first-order chi connectivity index (χ1) is 11.7. The number of piperazine rings is 1. The van der Waals surface area contributed by atoms with Gasteiger partial charge in [0.15, 0.2) is 0 Å². The van der Waals surface area contributed by atoms with Crippen LogP contribution < -0.4 is 5.32 Å². The van der Waals surface area contributed by atoms with Crippen molar-refractivity contribution in [3.05, 3.63) is 60.2 Å². The molecule has 2 aromatic rings. The van der Waals surface area contributed by atoms with Crippen LogP contribution in [0.2, 0.25) is 0 Å². The molecule has 0 atom stereocenters. The summed E-state index contributed by atoms with van der Waals surface area (Å²) < 4.78 is 0. The molecule has 2 aromatic carbocycles. The SMILES string of the molecule is CSc1ccc(NC(=O)N2CCN(Cc3ccccc3)CC2)cc1. The van der Waals surface area contributed by atoms with Crippen LogP contribution in [0, 0.1) is 0 Å². The Bertz CT molecular complexity index is 652. The molecule has 1 saturated heterocycles. The molecule has 0 saturated carbocycles. The van der Waals surface area contributed by atoms with Crippen LogP contribution >= 0.6 is 11.8 Å². The first kappa shape index (κ1) is 16.9. The molecule has 3 rings (SSSR count). The average Bonchev–Trinajstić information content (AvgIpc) is 2.64. The van der Waals surface area contributed by atoms with E-state index in [2.05, 4.69) is 34.5 Å². The number of thioether (sulfide) groups is 1. The topological polar surface area (TPSA) is 35.6 Å². The number of nitrogens with one attached hydrogen (secondary N) is 1. The Hall–Kier alpha value is -1.98. The Morgan fingerprint density at radius 1 is 1.00 bits per heavy atom. The maximum atomic E-state index is 12.4. The van der Waals surface area contributed by atoms with Crippen LogP contribution in [0.15, 0.2) is 59.5 Å². The quantitative estimate of drug-likeness (QED) is 0.860. The number of rotatable bonds is 4. The minimum absolute atomic E-state index is 0.00809. The lowest BCUT2D eigenvalue weighted by Gasteiger charge is -2.34. The second-order valence-electron chi connectivity index (χ2n) is 5.91. The van der Waals surface area contributed by atoms with Gasteiger partial charge in [-0.3, -0.25) is 4.90 Å². The zero-order valence-electron chi connectivity index (χ0n) is 13.9. The monoisotopic (exact) mass is 341 g/mol. The summed E-state index contributed by atoms with van der Waals surface area (Å²) in [5, 5.41) is 2.99. The van der Waals surface area contributed by atoms with Gasteiger partial charge in [0.2, 0.25) is 0 Å². The molecule has 0 aromatic heterocycles. The van der Waals surface area contributed by atoms with E-state index in [9.17, 15) is 4.79 Å². The van der Waals surface area contributed by atoms with Gasteiger partial charge in [0.1, 0.15) is 0 Å². The fourth-order valence-electron chi connectivity index (χ4n) is 2.83. The molecule has 126 valence electrons. The average molecular weight is 341 g/mol. The highest BCUT2D eigenvalue weighted by atomic mass is 32.2. The standard InChI is InChI=1S/C19H23N3OS/c1-24-18-9-7-17(8-10-18)20-19(23)22-13-11-21(12-14-22)15-16-5-3-2-4-6-16/h2-10H,11-15H2,1H3,(H,20,23). The second kappa shape index (κ2) is 8.22. The van der Waals surface area contributed by atoms with Gasteiger partial charge in [-0.1, -0.05) is 30.3 Å². The highest BCUT2D eigenvalue weighted by Crippen LogP contribution is 2.18. The van der Waals surface area contributed by atoms with Crippen molar-refractivity contribution in [1.82, 2.24) is 9.80 Å². The molecule has 1 heterocycles. The summed E-state index contributed by atoms with van der Waals surface area (Å²) in [6.07, 6.45) is 2.04. The molecule has 1 aliphatic rings. The number of anilines is 1. The number of benzene rings is 2. The molecule has 1 N–H and O–H groups in total. The predicted molar refractivity (Wildman–Crippen MR) is 101 cm³/mol. The van der Waals surface area contributed by atoms with Crippen molar-refractivity contribution in [3.8, 4) is 0 Å². The van der Waals surface area contributed by atoms with E-state index in [0.717, 1.165) is 38.4 Å². The molecule has 1 aliphatic heterocycles. The van der Waals surface area contributed by atoms with Gasteiger partial charge in [0.25, 0.3) is 0 Å². The molecule has 0 aliphatic carbocycles. The summed E-state index contributed by atoms with van der Waals surface area (Å²) in [5.74, 6) is 0. The van der Waals surface area contributed by atoms with E-state index in [1.54, 1.807) is 11.8 Å². The van der Waals surface area contributed by atoms with E-state index in [4.69, 9.17) is 0 Å². The third-order valence-corrected chi connectivity index (χ3v) is 4.99. The Kier molecular flexibility index (Phi) is 5.77. The normalized spacial score (nSPS) is 15.3. The Morgan fingerprint density at radius 3 is 2.29 bits per heavy atom. The van der Waals surface area contributed by atoms with Crippen molar-refractivity contribution in [2.75, 3.05) is 37.8 Å². The van der Waals surface area contributed by atoms with Gasteiger partial charge in [-0.05, 0) is 36.1 Å². The number of urea groups is 1. The van der Waals surface area contributed by atoms with Crippen molar-refractivity contribution >= 4 is 23.5 Å². The largest absolute Gasteiger partial charge is 0.322 e. The molecule has 1 fully saturated rings. The fraction of sp³-hybridized carbons (Fsp3) is 0.316. The fourth-order valence-corrected chi connectivity index (χ4v) is 3.24. The van der Waals surface area contributed by atoms with Crippen LogP contribution in [0.3, 0.4) is 0 Å². The van der Waals surface area contributed by atoms with Crippen LogP contribution in [-0.2, 0) is 6.54 Å². The smallest absolute Gasteiger partial charge is 0.321 e. The van der Waals surface area contributed by atoms with Gasteiger partial charge in [-0.25, -0.2) is 4.79 Å².